The predicted molar refractivity (Wildman–Crippen MR) is 66.3 cm³/mol. The Morgan fingerprint density at radius 3 is 2.61 bits per heavy atom. The monoisotopic (exact) mass is 268 g/mol. The van der Waals surface area contributed by atoms with Gasteiger partial charge in [0, 0.05) is 6.42 Å². The maximum atomic E-state index is 11.3. The molecule has 0 heterocycles. The Morgan fingerprint density at radius 1 is 1.50 bits per heavy atom. The highest BCUT2D eigenvalue weighted by molar-refractivity contribution is 7.89. The smallest absolute Gasteiger partial charge is 0.327 e. The number of carbonyl (C=O) groups is 1. The second-order valence-electron chi connectivity index (χ2n) is 3.48. The summed E-state index contributed by atoms with van der Waals surface area (Å²) in [5.74, 6) is 1.03. The lowest BCUT2D eigenvalue weighted by Gasteiger charge is -2.15. The van der Waals surface area contributed by atoms with E-state index in [0.717, 1.165) is 0 Å². The van der Waals surface area contributed by atoms with Crippen molar-refractivity contribution in [3.63, 3.8) is 0 Å². The number of sulfonamides is 1. The van der Waals surface area contributed by atoms with E-state index in [1.807, 2.05) is 0 Å². The largest absolute Gasteiger partial charge is 0.480 e. The number of para-hydroxylation sites is 1. The molecule has 0 aliphatic heterocycles. The standard InChI is InChI=1S/C11H12N2O4S/c1-2-5-9(11(14)15)13-8-6-3-4-7-10(8)18(12,16)17/h1,3-4,6-7,9,13H,5H2,(H,14,15)(H2,12,16,17). The summed E-state index contributed by atoms with van der Waals surface area (Å²) in [5.41, 5.74) is 0.114. The summed E-state index contributed by atoms with van der Waals surface area (Å²) in [6, 6.07) is 4.68. The SMILES string of the molecule is C#CCC(Nc1ccccc1S(N)(=O)=O)C(=O)O. The number of hydrogen-bond donors (Lipinski definition) is 3. The van der Waals surface area contributed by atoms with Crippen LogP contribution in [0.5, 0.6) is 0 Å². The van der Waals surface area contributed by atoms with Crippen molar-refractivity contribution in [3.8, 4) is 12.3 Å². The van der Waals surface area contributed by atoms with Gasteiger partial charge in [-0.1, -0.05) is 12.1 Å². The Labute approximate surface area is 105 Å². The van der Waals surface area contributed by atoms with E-state index in [4.69, 9.17) is 16.7 Å². The Hall–Kier alpha value is -2.04. The molecule has 1 aromatic rings. The fraction of sp³-hybridized carbons (Fsp3) is 0.182. The van der Waals surface area contributed by atoms with Crippen LogP contribution in [0.25, 0.3) is 0 Å². The first-order chi connectivity index (χ1) is 8.36. The highest BCUT2D eigenvalue weighted by Gasteiger charge is 2.20. The third-order valence-corrected chi connectivity index (χ3v) is 3.11. The first-order valence-corrected chi connectivity index (χ1v) is 6.45. The summed E-state index contributed by atoms with van der Waals surface area (Å²) in [6.45, 7) is 0. The molecule has 0 amide bonds. The molecule has 0 aliphatic rings. The van der Waals surface area contributed by atoms with Gasteiger partial charge in [-0.2, -0.15) is 0 Å². The molecule has 96 valence electrons. The van der Waals surface area contributed by atoms with Crippen LogP contribution in [0.15, 0.2) is 29.2 Å². The lowest BCUT2D eigenvalue weighted by molar-refractivity contribution is -0.137. The number of aliphatic carboxylic acids is 1. The van der Waals surface area contributed by atoms with Crippen LogP contribution in [-0.4, -0.2) is 25.5 Å². The first-order valence-electron chi connectivity index (χ1n) is 4.91. The number of hydrogen-bond acceptors (Lipinski definition) is 4. The van der Waals surface area contributed by atoms with Gasteiger partial charge in [0.05, 0.1) is 5.69 Å². The molecule has 0 aliphatic carbocycles. The topological polar surface area (TPSA) is 109 Å². The van der Waals surface area contributed by atoms with Gasteiger partial charge in [0.25, 0.3) is 0 Å². The fourth-order valence-electron chi connectivity index (χ4n) is 1.34. The number of primary sulfonamides is 1. The first kappa shape index (κ1) is 14.0. The van der Waals surface area contributed by atoms with Crippen LogP contribution >= 0.6 is 0 Å². The zero-order valence-electron chi connectivity index (χ0n) is 9.33. The molecule has 18 heavy (non-hydrogen) atoms. The number of carboxylic acids is 1. The second kappa shape index (κ2) is 5.53. The molecular weight excluding hydrogens is 256 g/mol. The Balaban J connectivity index is 3.12. The van der Waals surface area contributed by atoms with E-state index in [9.17, 15) is 13.2 Å². The summed E-state index contributed by atoms with van der Waals surface area (Å²) in [4.78, 5) is 10.7. The summed E-state index contributed by atoms with van der Waals surface area (Å²) in [5, 5.41) is 16.5. The average molecular weight is 268 g/mol. The van der Waals surface area contributed by atoms with E-state index in [1.54, 1.807) is 6.07 Å². The van der Waals surface area contributed by atoms with Gasteiger partial charge in [0.2, 0.25) is 10.0 Å². The van der Waals surface area contributed by atoms with Crippen molar-refractivity contribution >= 4 is 21.7 Å². The molecule has 0 fully saturated rings. The molecule has 1 unspecified atom stereocenters. The van der Waals surface area contributed by atoms with E-state index >= 15 is 0 Å². The van der Waals surface area contributed by atoms with E-state index < -0.39 is 22.0 Å². The third kappa shape index (κ3) is 3.48. The minimum atomic E-state index is -3.93. The van der Waals surface area contributed by atoms with Gasteiger partial charge in [-0.15, -0.1) is 12.3 Å². The highest BCUT2D eigenvalue weighted by Crippen LogP contribution is 2.20. The summed E-state index contributed by atoms with van der Waals surface area (Å²) >= 11 is 0. The number of nitrogens with one attached hydrogen (secondary N) is 1. The Morgan fingerprint density at radius 2 is 2.11 bits per heavy atom. The number of nitrogens with two attached hydrogens (primary N) is 1. The molecule has 6 nitrogen and oxygen atoms in total. The molecule has 0 saturated heterocycles. The van der Waals surface area contributed by atoms with Gasteiger partial charge in [-0.25, -0.2) is 18.4 Å². The normalized spacial score (nSPS) is 12.4. The van der Waals surface area contributed by atoms with Gasteiger partial charge in [0.15, 0.2) is 0 Å². The summed E-state index contributed by atoms with van der Waals surface area (Å²) < 4.78 is 22.6. The maximum absolute atomic E-state index is 11.3. The Kier molecular flexibility index (Phi) is 4.31. The van der Waals surface area contributed by atoms with Crippen LogP contribution < -0.4 is 10.5 Å². The van der Waals surface area contributed by atoms with Gasteiger partial charge < -0.3 is 10.4 Å². The summed E-state index contributed by atoms with van der Waals surface area (Å²) in [6.07, 6.45) is 4.97. The highest BCUT2D eigenvalue weighted by atomic mass is 32.2. The lowest BCUT2D eigenvalue weighted by Crippen LogP contribution is -2.29. The quantitative estimate of drug-likeness (QED) is 0.662. The summed E-state index contributed by atoms with van der Waals surface area (Å²) in [7, 11) is -3.93. The molecule has 0 radical (unpaired) electrons. The number of carboxylic acid groups (broad SMARTS) is 1. The third-order valence-electron chi connectivity index (χ3n) is 2.14. The zero-order chi connectivity index (χ0) is 13.8. The van der Waals surface area contributed by atoms with E-state index in [0.29, 0.717) is 0 Å². The van der Waals surface area contributed by atoms with E-state index in [1.165, 1.54) is 18.2 Å². The molecule has 1 aromatic carbocycles. The van der Waals surface area contributed by atoms with Crippen LogP contribution in [0.2, 0.25) is 0 Å². The Bertz CT molecular complexity index is 589. The molecule has 0 bridgehead atoms. The number of rotatable bonds is 5. The van der Waals surface area contributed by atoms with Crippen LogP contribution in [0.4, 0.5) is 5.69 Å². The molecule has 1 rings (SSSR count). The van der Waals surface area contributed by atoms with Crippen molar-refractivity contribution < 1.29 is 18.3 Å². The minimum absolute atomic E-state index is 0.0751. The number of terminal acetylenes is 1. The predicted octanol–water partition coefficient (Wildman–Crippen LogP) is 0.222. The van der Waals surface area contributed by atoms with Gasteiger partial charge in [-0.3, -0.25) is 0 Å². The molecule has 4 N–H and O–H groups in total. The van der Waals surface area contributed by atoms with Gasteiger partial charge in [0.1, 0.15) is 10.9 Å². The van der Waals surface area contributed by atoms with Crippen LogP contribution in [0.3, 0.4) is 0 Å². The van der Waals surface area contributed by atoms with Gasteiger partial charge >= 0.3 is 5.97 Å². The molecule has 0 spiro atoms. The van der Waals surface area contributed by atoms with Crippen LogP contribution in [-0.2, 0) is 14.8 Å². The average Bonchev–Trinajstić information content (AvgIpc) is 2.27. The molecular formula is C11H12N2O4S. The van der Waals surface area contributed by atoms with Crippen molar-refractivity contribution in [2.75, 3.05) is 5.32 Å². The molecule has 7 heteroatoms. The minimum Gasteiger partial charge on any atom is -0.480 e. The van der Waals surface area contributed by atoms with Crippen molar-refractivity contribution in [3.05, 3.63) is 24.3 Å². The molecule has 0 aromatic heterocycles. The second-order valence-corrected chi connectivity index (χ2v) is 5.01. The van der Waals surface area contributed by atoms with Crippen molar-refractivity contribution in [1.29, 1.82) is 0 Å². The number of benzene rings is 1. The lowest BCUT2D eigenvalue weighted by atomic mass is 10.2. The van der Waals surface area contributed by atoms with Crippen molar-refractivity contribution in [2.45, 2.75) is 17.4 Å². The zero-order valence-corrected chi connectivity index (χ0v) is 10.1. The fourth-order valence-corrected chi connectivity index (χ4v) is 2.04. The van der Waals surface area contributed by atoms with Crippen molar-refractivity contribution in [1.82, 2.24) is 0 Å². The van der Waals surface area contributed by atoms with E-state index in [-0.39, 0.29) is 17.0 Å². The van der Waals surface area contributed by atoms with E-state index in [2.05, 4.69) is 11.2 Å². The van der Waals surface area contributed by atoms with Crippen LogP contribution in [0, 0.1) is 12.3 Å². The molecule has 0 saturated carbocycles. The maximum Gasteiger partial charge on any atom is 0.327 e. The van der Waals surface area contributed by atoms with Crippen molar-refractivity contribution in [2.24, 2.45) is 5.14 Å². The van der Waals surface area contributed by atoms with Gasteiger partial charge in [-0.05, 0) is 12.1 Å². The number of anilines is 1. The van der Waals surface area contributed by atoms with Crippen LogP contribution in [0.1, 0.15) is 6.42 Å². The molecule has 1 atom stereocenters.